The number of rotatable bonds is 4. The highest BCUT2D eigenvalue weighted by Crippen LogP contribution is 2.24. The molecule has 0 bridgehead atoms. The van der Waals surface area contributed by atoms with E-state index in [1.165, 1.54) is 12.4 Å². The van der Waals surface area contributed by atoms with Crippen molar-refractivity contribution in [3.8, 4) is 11.9 Å². The fourth-order valence-corrected chi connectivity index (χ4v) is 3.32. The molecule has 1 aromatic carbocycles. The molecular formula is C19H18N6O2. The van der Waals surface area contributed by atoms with Crippen LogP contribution in [0.25, 0.3) is 11.0 Å². The lowest BCUT2D eigenvalue weighted by atomic mass is 9.92. The number of imidazole rings is 1. The summed E-state index contributed by atoms with van der Waals surface area (Å²) in [6.45, 7) is 0. The first-order chi connectivity index (χ1) is 13.2. The number of hydrogen-bond donors (Lipinski definition) is 2. The number of aromatic amines is 1. The van der Waals surface area contributed by atoms with Gasteiger partial charge >= 0.3 is 0 Å². The minimum Gasteiger partial charge on any atom is -0.472 e. The second kappa shape index (κ2) is 7.41. The van der Waals surface area contributed by atoms with Gasteiger partial charge in [-0.05, 0) is 43.9 Å². The van der Waals surface area contributed by atoms with Crippen molar-refractivity contribution < 1.29 is 9.53 Å². The second-order valence-electron chi connectivity index (χ2n) is 6.52. The van der Waals surface area contributed by atoms with E-state index in [0.717, 1.165) is 36.7 Å². The van der Waals surface area contributed by atoms with Crippen molar-refractivity contribution in [2.75, 3.05) is 0 Å². The normalized spacial score (nSPS) is 19.4. The van der Waals surface area contributed by atoms with E-state index >= 15 is 0 Å². The third kappa shape index (κ3) is 3.72. The minimum absolute atomic E-state index is 0.0247. The summed E-state index contributed by atoms with van der Waals surface area (Å²) < 4.78 is 5.83. The highest BCUT2D eigenvalue weighted by atomic mass is 16.5. The molecule has 2 heterocycles. The van der Waals surface area contributed by atoms with Crippen LogP contribution >= 0.6 is 0 Å². The number of benzene rings is 1. The second-order valence-corrected chi connectivity index (χ2v) is 6.52. The van der Waals surface area contributed by atoms with Gasteiger partial charge < -0.3 is 15.0 Å². The van der Waals surface area contributed by atoms with Crippen LogP contribution in [0.4, 0.5) is 0 Å². The molecule has 0 spiro atoms. The minimum atomic E-state index is -0.0865. The van der Waals surface area contributed by atoms with Crippen LogP contribution in [0.1, 0.15) is 41.7 Å². The lowest BCUT2D eigenvalue weighted by molar-refractivity contribution is 0.0889. The maximum Gasteiger partial charge on any atom is 0.251 e. The summed E-state index contributed by atoms with van der Waals surface area (Å²) in [5.41, 5.74) is 2.49. The highest BCUT2D eigenvalue weighted by molar-refractivity contribution is 5.97. The predicted octanol–water partition coefficient (Wildman–Crippen LogP) is 2.34. The number of hydrogen-bond acceptors (Lipinski definition) is 6. The number of carbonyl (C=O) groups excluding carboxylic acids is 1. The molecule has 0 aliphatic heterocycles. The van der Waals surface area contributed by atoms with Crippen LogP contribution in [0.15, 0.2) is 36.9 Å². The number of nitrogens with zero attached hydrogens (tertiary/aromatic N) is 4. The van der Waals surface area contributed by atoms with E-state index in [0.29, 0.717) is 5.56 Å². The van der Waals surface area contributed by atoms with Gasteiger partial charge in [0, 0.05) is 24.0 Å². The number of nitriles is 1. The Labute approximate surface area is 155 Å². The van der Waals surface area contributed by atoms with Gasteiger partial charge in [-0.25, -0.2) is 15.0 Å². The Morgan fingerprint density at radius 1 is 1.19 bits per heavy atom. The smallest absolute Gasteiger partial charge is 0.251 e. The van der Waals surface area contributed by atoms with E-state index in [9.17, 15) is 4.79 Å². The van der Waals surface area contributed by atoms with Gasteiger partial charge in [-0.15, -0.1) is 0 Å². The Bertz CT molecular complexity index is 1000. The lowest BCUT2D eigenvalue weighted by Gasteiger charge is -2.29. The summed E-state index contributed by atoms with van der Waals surface area (Å²) in [5, 5.41) is 12.2. The lowest BCUT2D eigenvalue weighted by Crippen LogP contribution is -2.39. The maximum absolute atomic E-state index is 12.5. The molecule has 1 amide bonds. The van der Waals surface area contributed by atoms with Crippen LogP contribution in [0.2, 0.25) is 0 Å². The van der Waals surface area contributed by atoms with E-state index < -0.39 is 0 Å². The molecule has 0 unspecified atom stereocenters. The van der Waals surface area contributed by atoms with Gasteiger partial charge in [-0.2, -0.15) is 5.26 Å². The zero-order chi connectivity index (χ0) is 18.6. The van der Waals surface area contributed by atoms with Crippen LogP contribution in [-0.2, 0) is 0 Å². The van der Waals surface area contributed by atoms with Gasteiger partial charge in [-0.3, -0.25) is 4.79 Å². The molecular weight excluding hydrogens is 344 g/mol. The largest absolute Gasteiger partial charge is 0.472 e. The molecule has 1 aliphatic carbocycles. The van der Waals surface area contributed by atoms with E-state index in [2.05, 4.69) is 25.3 Å². The fraction of sp³-hybridized carbons (Fsp3) is 0.316. The SMILES string of the molecule is N#Cc1nccnc1OC1CCC(NC(=O)c2ccc3nc[nH]c3c2)CC1. The zero-order valence-electron chi connectivity index (χ0n) is 14.6. The molecule has 4 rings (SSSR count). The number of fused-ring (bicyclic) bond motifs is 1. The number of H-pyrrole nitrogens is 1. The number of amides is 1. The summed E-state index contributed by atoms with van der Waals surface area (Å²) in [4.78, 5) is 27.7. The highest BCUT2D eigenvalue weighted by Gasteiger charge is 2.25. The van der Waals surface area contributed by atoms with E-state index in [1.54, 1.807) is 12.4 Å². The molecule has 3 aromatic rings. The molecule has 0 saturated heterocycles. The Balaban J connectivity index is 1.32. The Morgan fingerprint density at radius 3 is 2.81 bits per heavy atom. The van der Waals surface area contributed by atoms with Crippen LogP contribution in [0.3, 0.4) is 0 Å². The molecule has 2 N–H and O–H groups in total. The van der Waals surface area contributed by atoms with Crippen LogP contribution < -0.4 is 10.1 Å². The number of carbonyl (C=O) groups is 1. The summed E-state index contributed by atoms with van der Waals surface area (Å²) in [5.74, 6) is 0.192. The van der Waals surface area contributed by atoms with Gasteiger partial charge in [0.05, 0.1) is 17.4 Å². The van der Waals surface area contributed by atoms with Gasteiger partial charge in [0.2, 0.25) is 5.69 Å². The van der Waals surface area contributed by atoms with E-state index in [1.807, 2.05) is 18.2 Å². The molecule has 1 aliphatic rings. The molecule has 1 saturated carbocycles. The quantitative estimate of drug-likeness (QED) is 0.736. The monoisotopic (exact) mass is 362 g/mol. The van der Waals surface area contributed by atoms with Crippen molar-refractivity contribution in [2.45, 2.75) is 37.8 Å². The van der Waals surface area contributed by atoms with Gasteiger partial charge in [-0.1, -0.05) is 0 Å². The average Bonchev–Trinajstić information content (AvgIpc) is 3.17. The zero-order valence-corrected chi connectivity index (χ0v) is 14.6. The third-order valence-corrected chi connectivity index (χ3v) is 4.74. The molecule has 0 atom stereocenters. The Kier molecular flexibility index (Phi) is 4.66. The molecule has 1 fully saturated rings. The summed E-state index contributed by atoms with van der Waals surface area (Å²) in [6.07, 6.45) is 7.76. The number of ether oxygens (including phenoxy) is 1. The average molecular weight is 362 g/mol. The van der Waals surface area contributed by atoms with Crippen molar-refractivity contribution in [3.63, 3.8) is 0 Å². The summed E-state index contributed by atoms with van der Waals surface area (Å²) in [7, 11) is 0. The first-order valence-electron chi connectivity index (χ1n) is 8.84. The van der Waals surface area contributed by atoms with E-state index in [-0.39, 0.29) is 29.6 Å². The van der Waals surface area contributed by atoms with Gasteiger partial charge in [0.1, 0.15) is 12.2 Å². The van der Waals surface area contributed by atoms with Crippen molar-refractivity contribution in [1.82, 2.24) is 25.3 Å². The molecule has 136 valence electrons. The molecule has 0 radical (unpaired) electrons. The summed E-state index contributed by atoms with van der Waals surface area (Å²) in [6, 6.07) is 7.51. The van der Waals surface area contributed by atoms with Crippen molar-refractivity contribution in [3.05, 3.63) is 48.2 Å². The Hall–Kier alpha value is -3.47. The van der Waals surface area contributed by atoms with E-state index in [4.69, 9.17) is 10.00 Å². The molecule has 8 nitrogen and oxygen atoms in total. The van der Waals surface area contributed by atoms with Crippen molar-refractivity contribution in [1.29, 1.82) is 5.26 Å². The van der Waals surface area contributed by atoms with Gasteiger partial charge in [0.15, 0.2) is 0 Å². The summed E-state index contributed by atoms with van der Waals surface area (Å²) >= 11 is 0. The molecule has 27 heavy (non-hydrogen) atoms. The fourth-order valence-electron chi connectivity index (χ4n) is 3.32. The van der Waals surface area contributed by atoms with Crippen LogP contribution in [0, 0.1) is 11.3 Å². The van der Waals surface area contributed by atoms with Crippen LogP contribution in [-0.4, -0.2) is 38.0 Å². The standard InChI is InChI=1S/C19H18N6O2/c20-10-17-19(22-8-7-21-17)27-14-4-2-13(3-5-14)25-18(26)12-1-6-15-16(9-12)24-11-23-15/h1,6-9,11,13-14H,2-5H2,(H,23,24)(H,25,26). The van der Waals surface area contributed by atoms with Crippen molar-refractivity contribution >= 4 is 16.9 Å². The van der Waals surface area contributed by atoms with Crippen LogP contribution in [0.5, 0.6) is 5.88 Å². The first kappa shape index (κ1) is 17.0. The third-order valence-electron chi connectivity index (χ3n) is 4.74. The number of nitrogens with one attached hydrogen (secondary N) is 2. The predicted molar refractivity (Wildman–Crippen MR) is 97.0 cm³/mol. The maximum atomic E-state index is 12.5. The Morgan fingerprint density at radius 2 is 2.00 bits per heavy atom. The number of aromatic nitrogens is 4. The molecule has 8 heteroatoms. The topological polar surface area (TPSA) is 117 Å². The van der Waals surface area contributed by atoms with Crippen molar-refractivity contribution in [2.24, 2.45) is 0 Å². The first-order valence-corrected chi connectivity index (χ1v) is 8.84. The van der Waals surface area contributed by atoms with Gasteiger partial charge in [0.25, 0.3) is 11.8 Å². The molecule has 2 aromatic heterocycles.